The summed E-state index contributed by atoms with van der Waals surface area (Å²) in [5.74, 6) is -0.0286. The van der Waals surface area contributed by atoms with Crippen LogP contribution in [0.5, 0.6) is 0 Å². The van der Waals surface area contributed by atoms with Crippen LogP contribution in [0.3, 0.4) is 0 Å². The normalized spacial score (nSPS) is 11.5. The average Bonchev–Trinajstić information content (AvgIpc) is 3.33. The van der Waals surface area contributed by atoms with Crippen LogP contribution >= 0.6 is 0 Å². The molecule has 0 saturated heterocycles. The van der Waals surface area contributed by atoms with E-state index < -0.39 is 17.6 Å². The van der Waals surface area contributed by atoms with Crippen molar-refractivity contribution in [2.24, 2.45) is 0 Å². The minimum atomic E-state index is -4.52. The van der Waals surface area contributed by atoms with Crippen LogP contribution < -0.4 is 11.1 Å². The zero-order valence-corrected chi connectivity index (χ0v) is 15.9. The van der Waals surface area contributed by atoms with Crippen molar-refractivity contribution in [3.8, 4) is 17.1 Å². The van der Waals surface area contributed by atoms with Crippen molar-refractivity contribution in [1.82, 2.24) is 24.9 Å². The van der Waals surface area contributed by atoms with E-state index >= 15 is 0 Å². The number of halogens is 3. The third kappa shape index (κ3) is 3.95. The van der Waals surface area contributed by atoms with Gasteiger partial charge in [-0.2, -0.15) is 23.3 Å². The smallest absolute Gasteiger partial charge is 0.383 e. The minimum absolute atomic E-state index is 0.0112. The number of alkyl halides is 3. The number of aryl methyl sites for hydroxylation is 1. The monoisotopic (exact) mass is 429 g/mol. The van der Waals surface area contributed by atoms with Crippen LogP contribution in [-0.4, -0.2) is 30.8 Å². The Bertz CT molecular complexity index is 1250. The first-order chi connectivity index (χ1) is 14.7. The maximum atomic E-state index is 12.7. The summed E-state index contributed by atoms with van der Waals surface area (Å²) in [5.41, 5.74) is 6.30. The molecule has 1 aromatic carbocycles. The number of nitrogens with two attached hydrogens (primary N) is 1. The fraction of sp³-hybridized carbons (Fsp3) is 0.105. The third-order valence-corrected chi connectivity index (χ3v) is 4.28. The number of amides is 1. The molecule has 12 heteroatoms. The Morgan fingerprint density at radius 3 is 2.58 bits per heavy atom. The van der Waals surface area contributed by atoms with E-state index in [4.69, 9.17) is 10.3 Å². The van der Waals surface area contributed by atoms with Gasteiger partial charge in [0.1, 0.15) is 17.2 Å². The molecule has 0 aliphatic carbocycles. The van der Waals surface area contributed by atoms with Gasteiger partial charge in [0.05, 0.1) is 17.4 Å². The molecule has 3 heterocycles. The molecule has 0 fully saturated rings. The SMILES string of the molecule is Cc1nc(-c2ccccc2-n2ncc(C(=O)Nc3ccc(C(F)(F)F)cn3)c2N)no1. The van der Waals surface area contributed by atoms with E-state index in [2.05, 4.69) is 25.5 Å². The zero-order chi connectivity index (χ0) is 22.2. The van der Waals surface area contributed by atoms with Gasteiger partial charge in [-0.05, 0) is 24.3 Å². The first-order valence-electron chi connectivity index (χ1n) is 8.82. The van der Waals surface area contributed by atoms with Crippen molar-refractivity contribution >= 4 is 17.5 Å². The molecular formula is C19H14F3N7O2. The van der Waals surface area contributed by atoms with E-state index in [1.165, 1.54) is 10.9 Å². The molecule has 0 bridgehead atoms. The number of benzene rings is 1. The van der Waals surface area contributed by atoms with Gasteiger partial charge in [-0.3, -0.25) is 4.79 Å². The molecule has 1 amide bonds. The summed E-state index contributed by atoms with van der Waals surface area (Å²) in [5, 5.41) is 10.5. The van der Waals surface area contributed by atoms with Gasteiger partial charge < -0.3 is 15.6 Å². The lowest BCUT2D eigenvalue weighted by atomic mass is 10.1. The van der Waals surface area contributed by atoms with Crippen molar-refractivity contribution in [3.05, 3.63) is 65.8 Å². The highest BCUT2D eigenvalue weighted by Crippen LogP contribution is 2.29. The Labute approximate surface area is 172 Å². The lowest BCUT2D eigenvalue weighted by Crippen LogP contribution is -2.15. The number of hydrogen-bond acceptors (Lipinski definition) is 7. The molecule has 31 heavy (non-hydrogen) atoms. The quantitative estimate of drug-likeness (QED) is 0.509. The number of anilines is 2. The Kier molecular flexibility index (Phi) is 4.89. The highest BCUT2D eigenvalue weighted by atomic mass is 19.4. The fourth-order valence-electron chi connectivity index (χ4n) is 2.80. The van der Waals surface area contributed by atoms with Crippen LogP contribution in [0.4, 0.5) is 24.8 Å². The molecule has 158 valence electrons. The number of carbonyl (C=O) groups is 1. The highest BCUT2D eigenvalue weighted by molar-refractivity contribution is 6.06. The first-order valence-corrected chi connectivity index (χ1v) is 8.82. The van der Waals surface area contributed by atoms with E-state index in [1.54, 1.807) is 31.2 Å². The van der Waals surface area contributed by atoms with Gasteiger partial charge in [0.2, 0.25) is 11.7 Å². The van der Waals surface area contributed by atoms with Crippen LogP contribution in [-0.2, 0) is 6.18 Å². The zero-order valence-electron chi connectivity index (χ0n) is 15.9. The second kappa shape index (κ2) is 7.55. The molecule has 0 aliphatic rings. The molecular weight excluding hydrogens is 415 g/mol. The Morgan fingerprint density at radius 2 is 1.94 bits per heavy atom. The maximum Gasteiger partial charge on any atom is 0.417 e. The van der Waals surface area contributed by atoms with Crippen molar-refractivity contribution in [2.45, 2.75) is 13.1 Å². The van der Waals surface area contributed by atoms with Gasteiger partial charge in [0.25, 0.3) is 5.91 Å². The number of rotatable bonds is 4. The highest BCUT2D eigenvalue weighted by Gasteiger charge is 2.30. The summed E-state index contributed by atoms with van der Waals surface area (Å²) < 4.78 is 44.3. The third-order valence-electron chi connectivity index (χ3n) is 4.28. The van der Waals surface area contributed by atoms with Crippen molar-refractivity contribution in [1.29, 1.82) is 0 Å². The summed E-state index contributed by atoms with van der Waals surface area (Å²) >= 11 is 0. The van der Waals surface area contributed by atoms with E-state index in [0.717, 1.165) is 12.1 Å². The standard InChI is InChI=1S/C19H14F3N7O2/c1-10-26-17(28-31-10)12-4-2-3-5-14(12)29-16(23)13(9-25-29)18(30)27-15-7-6-11(8-24-15)19(20,21)22/h2-9H,23H2,1H3,(H,24,27,30). The fourth-order valence-corrected chi connectivity index (χ4v) is 2.80. The number of nitrogens with zero attached hydrogens (tertiary/aromatic N) is 5. The summed E-state index contributed by atoms with van der Waals surface area (Å²) in [6, 6.07) is 8.84. The molecule has 4 rings (SSSR count). The van der Waals surface area contributed by atoms with Crippen LogP contribution in [0.15, 0.2) is 53.3 Å². The second-order valence-corrected chi connectivity index (χ2v) is 6.39. The lowest BCUT2D eigenvalue weighted by molar-refractivity contribution is -0.137. The molecule has 0 spiro atoms. The van der Waals surface area contributed by atoms with Gasteiger partial charge in [-0.25, -0.2) is 9.67 Å². The van der Waals surface area contributed by atoms with Gasteiger partial charge in [-0.15, -0.1) is 0 Å². The number of para-hydroxylation sites is 1. The Morgan fingerprint density at radius 1 is 1.16 bits per heavy atom. The number of nitrogen functional groups attached to an aromatic ring is 1. The molecule has 3 aromatic heterocycles. The first kappa shape index (κ1) is 20.1. The Balaban J connectivity index is 1.61. The van der Waals surface area contributed by atoms with Crippen LogP contribution in [0.2, 0.25) is 0 Å². The van der Waals surface area contributed by atoms with E-state index in [-0.39, 0.29) is 17.2 Å². The van der Waals surface area contributed by atoms with E-state index in [1.807, 2.05) is 0 Å². The summed E-state index contributed by atoms with van der Waals surface area (Å²) in [6.07, 6.45) is -2.65. The summed E-state index contributed by atoms with van der Waals surface area (Å²) in [6.45, 7) is 1.65. The predicted octanol–water partition coefficient (Wildman–Crippen LogP) is 3.48. The maximum absolute atomic E-state index is 12.7. The van der Waals surface area contributed by atoms with Crippen LogP contribution in [0, 0.1) is 6.92 Å². The summed E-state index contributed by atoms with van der Waals surface area (Å²) in [7, 11) is 0. The molecule has 3 N–H and O–H groups in total. The number of nitrogens with one attached hydrogen (secondary N) is 1. The molecule has 0 saturated carbocycles. The van der Waals surface area contributed by atoms with E-state index in [0.29, 0.717) is 29.2 Å². The molecule has 9 nitrogen and oxygen atoms in total. The molecule has 4 aromatic rings. The topological polar surface area (TPSA) is 125 Å². The predicted molar refractivity (Wildman–Crippen MR) is 103 cm³/mol. The van der Waals surface area contributed by atoms with Crippen LogP contribution in [0.1, 0.15) is 21.8 Å². The van der Waals surface area contributed by atoms with Crippen molar-refractivity contribution in [2.75, 3.05) is 11.1 Å². The molecule has 0 radical (unpaired) electrons. The number of aromatic nitrogens is 5. The van der Waals surface area contributed by atoms with Gasteiger partial charge in [0, 0.05) is 18.7 Å². The molecule has 0 unspecified atom stereocenters. The number of hydrogen-bond donors (Lipinski definition) is 2. The average molecular weight is 429 g/mol. The number of pyridine rings is 1. The molecule has 0 aliphatic heterocycles. The summed E-state index contributed by atoms with van der Waals surface area (Å²) in [4.78, 5) is 20.4. The minimum Gasteiger partial charge on any atom is -0.383 e. The largest absolute Gasteiger partial charge is 0.417 e. The van der Waals surface area contributed by atoms with Crippen molar-refractivity contribution in [3.63, 3.8) is 0 Å². The molecule has 0 atom stereocenters. The van der Waals surface area contributed by atoms with Gasteiger partial charge in [-0.1, -0.05) is 17.3 Å². The lowest BCUT2D eigenvalue weighted by Gasteiger charge is -2.09. The second-order valence-electron chi connectivity index (χ2n) is 6.39. The van der Waals surface area contributed by atoms with Crippen LogP contribution in [0.25, 0.3) is 17.1 Å². The van der Waals surface area contributed by atoms with E-state index in [9.17, 15) is 18.0 Å². The number of carbonyl (C=O) groups excluding carboxylic acids is 1. The van der Waals surface area contributed by atoms with Crippen molar-refractivity contribution < 1.29 is 22.5 Å². The van der Waals surface area contributed by atoms with Gasteiger partial charge >= 0.3 is 6.18 Å². The van der Waals surface area contributed by atoms with Gasteiger partial charge in [0.15, 0.2) is 0 Å². The Hall–Kier alpha value is -4.22.